The van der Waals surface area contributed by atoms with Crippen molar-refractivity contribution in [3.63, 3.8) is 0 Å². The molecule has 1 aliphatic carbocycles. The Kier molecular flexibility index (Phi) is 10.8. The lowest BCUT2D eigenvalue weighted by Crippen LogP contribution is -2.55. The highest BCUT2D eigenvalue weighted by Crippen LogP contribution is 2.35. The van der Waals surface area contributed by atoms with Gasteiger partial charge in [-0.1, -0.05) is 78.9 Å². The molecule has 2 amide bonds. The van der Waals surface area contributed by atoms with Crippen molar-refractivity contribution in [2.75, 3.05) is 30.3 Å². The van der Waals surface area contributed by atoms with Gasteiger partial charge in [-0.2, -0.15) is 0 Å². The lowest BCUT2D eigenvalue weighted by atomic mass is 9.94. The van der Waals surface area contributed by atoms with E-state index < -0.39 is 28.5 Å². The number of carbonyl (C=O) groups is 2. The molecule has 45 heavy (non-hydrogen) atoms. The van der Waals surface area contributed by atoms with E-state index in [4.69, 9.17) is 32.7 Å². The molecule has 0 saturated heterocycles. The number of anilines is 1. The van der Waals surface area contributed by atoms with E-state index in [2.05, 4.69) is 5.32 Å². The van der Waals surface area contributed by atoms with Crippen LogP contribution >= 0.6 is 23.2 Å². The second-order valence-corrected chi connectivity index (χ2v) is 14.1. The highest BCUT2D eigenvalue weighted by Gasteiger charge is 2.35. The van der Waals surface area contributed by atoms with Gasteiger partial charge in [-0.25, -0.2) is 8.42 Å². The van der Waals surface area contributed by atoms with Crippen molar-refractivity contribution in [3.8, 4) is 11.5 Å². The fourth-order valence-electron chi connectivity index (χ4n) is 5.75. The Morgan fingerprint density at radius 2 is 1.58 bits per heavy atom. The quantitative estimate of drug-likeness (QED) is 0.283. The lowest BCUT2D eigenvalue weighted by molar-refractivity contribution is -0.140. The van der Waals surface area contributed by atoms with Crippen LogP contribution in [-0.4, -0.2) is 63.2 Å². The van der Waals surface area contributed by atoms with E-state index in [1.54, 1.807) is 30.3 Å². The van der Waals surface area contributed by atoms with E-state index in [1.807, 2.05) is 30.3 Å². The van der Waals surface area contributed by atoms with Gasteiger partial charge in [-0.3, -0.25) is 13.9 Å². The van der Waals surface area contributed by atoms with Crippen molar-refractivity contribution in [2.24, 2.45) is 0 Å². The van der Waals surface area contributed by atoms with Crippen LogP contribution in [0.15, 0.2) is 66.7 Å². The summed E-state index contributed by atoms with van der Waals surface area (Å²) in [5.41, 5.74) is 1.54. The molecule has 1 N–H and O–H groups in total. The number of carbonyl (C=O) groups excluding carboxylic acids is 2. The standard InChI is InChI=1S/C33H37Cl2N3O6S/c1-45(41,42)38(25-15-16-30-31(20-25)44-18-17-43-30)22-32(39)37(21-26-27(34)13-8-14-28(26)35)29(19-23-9-4-2-5-10-23)33(40)36-24-11-6-3-7-12-24/h2,4-5,8-10,13-16,20,24,29H,3,6-7,11-12,17-19,21-22H2,1H3,(H,36,40). The van der Waals surface area contributed by atoms with Gasteiger partial charge in [0.1, 0.15) is 25.8 Å². The van der Waals surface area contributed by atoms with E-state index in [-0.39, 0.29) is 30.6 Å². The SMILES string of the molecule is CS(=O)(=O)N(CC(=O)N(Cc1c(Cl)cccc1Cl)C(Cc1ccccc1)C(=O)NC1CCCCC1)c1ccc2c(c1)OCCO2. The Labute approximate surface area is 274 Å². The summed E-state index contributed by atoms with van der Waals surface area (Å²) in [5.74, 6) is -0.0333. The molecule has 1 unspecified atom stereocenters. The van der Waals surface area contributed by atoms with Crippen LogP contribution in [0.1, 0.15) is 43.2 Å². The van der Waals surface area contributed by atoms with Gasteiger partial charge in [0.2, 0.25) is 21.8 Å². The zero-order valence-electron chi connectivity index (χ0n) is 25.1. The number of rotatable bonds is 11. The molecule has 1 heterocycles. The van der Waals surface area contributed by atoms with Crippen molar-refractivity contribution < 1.29 is 27.5 Å². The van der Waals surface area contributed by atoms with E-state index >= 15 is 0 Å². The molecule has 0 aromatic heterocycles. The van der Waals surface area contributed by atoms with Gasteiger partial charge in [0, 0.05) is 40.7 Å². The fourth-order valence-corrected chi connectivity index (χ4v) is 7.11. The van der Waals surface area contributed by atoms with E-state index in [0.717, 1.165) is 48.2 Å². The third kappa shape index (κ3) is 8.42. The van der Waals surface area contributed by atoms with Crippen LogP contribution in [-0.2, 0) is 32.6 Å². The van der Waals surface area contributed by atoms with Crippen LogP contribution < -0.4 is 19.1 Å². The van der Waals surface area contributed by atoms with Gasteiger partial charge in [-0.15, -0.1) is 0 Å². The Hall–Kier alpha value is -3.47. The second kappa shape index (κ2) is 14.7. The summed E-state index contributed by atoms with van der Waals surface area (Å²) in [7, 11) is -3.95. The van der Waals surface area contributed by atoms with Gasteiger partial charge in [0.25, 0.3) is 0 Å². The fraction of sp³-hybridized carbons (Fsp3) is 0.394. The molecule has 9 nitrogen and oxygen atoms in total. The average molecular weight is 675 g/mol. The number of halogens is 2. The summed E-state index contributed by atoms with van der Waals surface area (Å²) < 4.78 is 38.6. The molecule has 0 bridgehead atoms. The van der Waals surface area contributed by atoms with Crippen LogP contribution in [0.25, 0.3) is 0 Å². The maximum Gasteiger partial charge on any atom is 0.244 e. The van der Waals surface area contributed by atoms with E-state index in [9.17, 15) is 18.0 Å². The predicted octanol–water partition coefficient (Wildman–Crippen LogP) is 5.62. The minimum Gasteiger partial charge on any atom is -0.486 e. The van der Waals surface area contributed by atoms with Crippen LogP contribution in [0.3, 0.4) is 0 Å². The normalized spacial score (nSPS) is 15.6. The van der Waals surface area contributed by atoms with E-state index in [0.29, 0.717) is 40.3 Å². The van der Waals surface area contributed by atoms with Gasteiger partial charge < -0.3 is 19.7 Å². The average Bonchev–Trinajstić information content (AvgIpc) is 3.03. The third-order valence-corrected chi connectivity index (χ3v) is 9.95. The highest BCUT2D eigenvalue weighted by molar-refractivity contribution is 7.92. The maximum absolute atomic E-state index is 14.4. The minimum absolute atomic E-state index is 0.00407. The van der Waals surface area contributed by atoms with Crippen molar-refractivity contribution >= 4 is 50.7 Å². The summed E-state index contributed by atoms with van der Waals surface area (Å²) in [6, 6.07) is 18.2. The predicted molar refractivity (Wildman–Crippen MR) is 176 cm³/mol. The summed E-state index contributed by atoms with van der Waals surface area (Å²) in [4.78, 5) is 29.9. The van der Waals surface area contributed by atoms with E-state index in [1.165, 1.54) is 11.0 Å². The third-order valence-electron chi connectivity index (χ3n) is 8.11. The first-order valence-electron chi connectivity index (χ1n) is 15.0. The van der Waals surface area contributed by atoms with Gasteiger partial charge in [-0.05, 0) is 42.7 Å². The maximum atomic E-state index is 14.4. The number of ether oxygens (including phenoxy) is 2. The molecular weight excluding hydrogens is 637 g/mol. The number of sulfonamides is 1. The summed E-state index contributed by atoms with van der Waals surface area (Å²) in [5, 5.41) is 3.84. The first kappa shape index (κ1) is 32.9. The molecule has 0 spiro atoms. The molecule has 12 heteroatoms. The molecule has 1 fully saturated rings. The molecule has 0 radical (unpaired) electrons. The number of hydrogen-bond acceptors (Lipinski definition) is 6. The van der Waals surface area contributed by atoms with Gasteiger partial charge in [0.15, 0.2) is 11.5 Å². The van der Waals surface area contributed by atoms with Crippen LogP contribution in [0.2, 0.25) is 10.0 Å². The largest absolute Gasteiger partial charge is 0.486 e. The molecule has 5 rings (SSSR count). The summed E-state index contributed by atoms with van der Waals surface area (Å²) >= 11 is 13.1. The summed E-state index contributed by atoms with van der Waals surface area (Å²) in [6.07, 6.45) is 6.12. The number of nitrogens with one attached hydrogen (secondary N) is 1. The zero-order chi connectivity index (χ0) is 32.0. The molecule has 1 saturated carbocycles. The molecule has 1 aliphatic heterocycles. The monoisotopic (exact) mass is 673 g/mol. The smallest absolute Gasteiger partial charge is 0.244 e. The molecule has 1 atom stereocenters. The number of nitrogens with zero attached hydrogens (tertiary/aromatic N) is 2. The Morgan fingerprint density at radius 1 is 0.911 bits per heavy atom. The second-order valence-electron chi connectivity index (χ2n) is 11.4. The topological polar surface area (TPSA) is 105 Å². The Morgan fingerprint density at radius 3 is 2.24 bits per heavy atom. The molecule has 3 aromatic rings. The molecule has 3 aromatic carbocycles. The van der Waals surface area contributed by atoms with Crippen LogP contribution in [0, 0.1) is 0 Å². The number of amides is 2. The molecule has 2 aliphatic rings. The zero-order valence-corrected chi connectivity index (χ0v) is 27.4. The highest BCUT2D eigenvalue weighted by atomic mass is 35.5. The first-order valence-corrected chi connectivity index (χ1v) is 17.6. The first-order chi connectivity index (χ1) is 21.6. The van der Waals surface area contributed by atoms with Crippen molar-refractivity contribution in [2.45, 2.75) is 57.2 Å². The number of fused-ring (bicyclic) bond motifs is 1. The molecule has 240 valence electrons. The van der Waals surface area contributed by atoms with Gasteiger partial charge in [0.05, 0.1) is 11.9 Å². The van der Waals surface area contributed by atoms with Crippen molar-refractivity contribution in [3.05, 3.63) is 87.9 Å². The van der Waals surface area contributed by atoms with Crippen molar-refractivity contribution in [1.82, 2.24) is 10.2 Å². The van der Waals surface area contributed by atoms with Crippen molar-refractivity contribution in [1.29, 1.82) is 0 Å². The van der Waals surface area contributed by atoms with Crippen LogP contribution in [0.4, 0.5) is 5.69 Å². The summed E-state index contributed by atoms with van der Waals surface area (Å²) in [6.45, 7) is 0.0258. The Balaban J connectivity index is 1.53. The Bertz CT molecular complexity index is 1600. The lowest BCUT2D eigenvalue weighted by Gasteiger charge is -2.35. The number of hydrogen-bond donors (Lipinski definition) is 1. The van der Waals surface area contributed by atoms with Crippen LogP contribution in [0.5, 0.6) is 11.5 Å². The number of benzene rings is 3. The van der Waals surface area contributed by atoms with Gasteiger partial charge >= 0.3 is 0 Å². The minimum atomic E-state index is -3.95. The molecular formula is C33H37Cl2N3O6S.